The molecule has 0 radical (unpaired) electrons. The first-order valence-corrected chi connectivity index (χ1v) is 5.86. The van der Waals surface area contributed by atoms with Crippen LogP contribution in [0, 0.1) is 20.8 Å². The molecule has 0 aliphatic rings. The zero-order chi connectivity index (χ0) is 11.3. The molecular weight excluding hydrogens is 182 g/mol. The topological polar surface area (TPSA) is 12.0 Å². The van der Waals surface area contributed by atoms with Gasteiger partial charge in [0.25, 0.3) is 0 Å². The second-order valence-electron chi connectivity index (χ2n) is 4.44. The van der Waals surface area contributed by atoms with Crippen molar-refractivity contribution in [2.24, 2.45) is 0 Å². The molecule has 1 rings (SSSR count). The lowest BCUT2D eigenvalue weighted by Crippen LogP contribution is -2.08. The zero-order valence-electron chi connectivity index (χ0n) is 10.5. The highest BCUT2D eigenvalue weighted by atomic mass is 14.8. The first kappa shape index (κ1) is 12.3. The summed E-state index contributed by atoms with van der Waals surface area (Å²) >= 11 is 0. The molecule has 84 valence electrons. The standard InChI is InChI=1S/C14H23N/c1-11-9-12(2)14(13(3)10-11)7-5-6-8-15-4/h9-10,15H,5-8H2,1-4H3. The molecule has 0 saturated heterocycles. The number of aryl methyl sites for hydroxylation is 3. The third-order valence-electron chi connectivity index (χ3n) is 2.94. The van der Waals surface area contributed by atoms with E-state index in [0.29, 0.717) is 0 Å². The molecule has 0 spiro atoms. The van der Waals surface area contributed by atoms with E-state index in [1.807, 2.05) is 7.05 Å². The molecule has 1 heteroatoms. The third-order valence-corrected chi connectivity index (χ3v) is 2.94. The van der Waals surface area contributed by atoms with Gasteiger partial charge in [0.2, 0.25) is 0 Å². The fourth-order valence-corrected chi connectivity index (χ4v) is 2.21. The van der Waals surface area contributed by atoms with Crippen LogP contribution in [0.2, 0.25) is 0 Å². The van der Waals surface area contributed by atoms with Gasteiger partial charge < -0.3 is 5.32 Å². The number of nitrogens with one attached hydrogen (secondary N) is 1. The first-order chi connectivity index (χ1) is 7.15. The highest BCUT2D eigenvalue weighted by Gasteiger charge is 2.03. The van der Waals surface area contributed by atoms with Crippen LogP contribution in [0.4, 0.5) is 0 Å². The lowest BCUT2D eigenvalue weighted by Gasteiger charge is -2.11. The Morgan fingerprint density at radius 1 is 1.00 bits per heavy atom. The predicted octanol–water partition coefficient (Wildman–Crippen LogP) is 3.15. The van der Waals surface area contributed by atoms with Gasteiger partial charge in [0, 0.05) is 0 Å². The van der Waals surface area contributed by atoms with Crippen LogP contribution in [0.1, 0.15) is 35.1 Å². The summed E-state index contributed by atoms with van der Waals surface area (Å²) in [6.07, 6.45) is 3.77. The Kier molecular flexibility index (Phi) is 4.83. The number of hydrogen-bond acceptors (Lipinski definition) is 1. The van der Waals surface area contributed by atoms with E-state index in [-0.39, 0.29) is 0 Å². The highest BCUT2D eigenvalue weighted by Crippen LogP contribution is 2.18. The van der Waals surface area contributed by atoms with Gasteiger partial charge in [0.15, 0.2) is 0 Å². The Hall–Kier alpha value is -0.820. The number of benzene rings is 1. The maximum absolute atomic E-state index is 3.19. The molecule has 0 amide bonds. The Balaban J connectivity index is 2.60. The van der Waals surface area contributed by atoms with Gasteiger partial charge in [-0.25, -0.2) is 0 Å². The van der Waals surface area contributed by atoms with Gasteiger partial charge in [-0.05, 0) is 70.3 Å². The Labute approximate surface area is 93.9 Å². The van der Waals surface area contributed by atoms with Crippen molar-refractivity contribution in [3.05, 3.63) is 34.4 Å². The molecule has 1 aromatic rings. The minimum Gasteiger partial charge on any atom is -0.320 e. The first-order valence-electron chi connectivity index (χ1n) is 5.86. The van der Waals surface area contributed by atoms with Gasteiger partial charge in [-0.3, -0.25) is 0 Å². The maximum Gasteiger partial charge on any atom is -0.00518 e. The molecular formula is C14H23N. The molecule has 15 heavy (non-hydrogen) atoms. The quantitative estimate of drug-likeness (QED) is 0.728. The number of rotatable bonds is 5. The summed E-state index contributed by atoms with van der Waals surface area (Å²) in [6, 6.07) is 4.58. The van der Waals surface area contributed by atoms with Crippen molar-refractivity contribution in [3.8, 4) is 0 Å². The average Bonchev–Trinajstić information content (AvgIpc) is 2.15. The minimum absolute atomic E-state index is 1.13. The van der Waals surface area contributed by atoms with Gasteiger partial charge in [-0.1, -0.05) is 17.7 Å². The van der Waals surface area contributed by atoms with Crippen molar-refractivity contribution < 1.29 is 0 Å². The van der Waals surface area contributed by atoms with E-state index in [9.17, 15) is 0 Å². The molecule has 0 aliphatic heterocycles. The van der Waals surface area contributed by atoms with E-state index in [1.54, 1.807) is 5.56 Å². The van der Waals surface area contributed by atoms with E-state index in [1.165, 1.54) is 36.0 Å². The summed E-state index contributed by atoms with van der Waals surface area (Å²) in [6.45, 7) is 7.76. The molecule has 0 fully saturated rings. The van der Waals surface area contributed by atoms with E-state index in [4.69, 9.17) is 0 Å². The second-order valence-corrected chi connectivity index (χ2v) is 4.44. The van der Waals surface area contributed by atoms with Gasteiger partial charge in [0.1, 0.15) is 0 Å². The molecule has 1 N–H and O–H groups in total. The van der Waals surface area contributed by atoms with E-state index in [0.717, 1.165) is 6.54 Å². The van der Waals surface area contributed by atoms with Gasteiger partial charge in [0.05, 0.1) is 0 Å². The Morgan fingerprint density at radius 3 is 2.13 bits per heavy atom. The number of hydrogen-bond donors (Lipinski definition) is 1. The minimum atomic E-state index is 1.13. The fraction of sp³-hybridized carbons (Fsp3) is 0.571. The van der Waals surface area contributed by atoms with E-state index >= 15 is 0 Å². The molecule has 0 atom stereocenters. The van der Waals surface area contributed by atoms with Crippen LogP contribution in [0.15, 0.2) is 12.1 Å². The molecule has 0 aliphatic carbocycles. The molecule has 1 nitrogen and oxygen atoms in total. The van der Waals surface area contributed by atoms with Gasteiger partial charge >= 0.3 is 0 Å². The van der Waals surface area contributed by atoms with Crippen molar-refractivity contribution in [1.82, 2.24) is 5.32 Å². The molecule has 0 aromatic heterocycles. The van der Waals surface area contributed by atoms with Crippen LogP contribution >= 0.6 is 0 Å². The summed E-state index contributed by atoms with van der Waals surface area (Å²) in [5.74, 6) is 0. The van der Waals surface area contributed by atoms with Gasteiger partial charge in [-0.15, -0.1) is 0 Å². The third kappa shape index (κ3) is 3.67. The lowest BCUT2D eigenvalue weighted by molar-refractivity contribution is 0.674. The fourth-order valence-electron chi connectivity index (χ4n) is 2.21. The summed E-state index contributed by atoms with van der Waals surface area (Å²) in [7, 11) is 2.02. The van der Waals surface area contributed by atoms with Gasteiger partial charge in [-0.2, -0.15) is 0 Å². The summed E-state index contributed by atoms with van der Waals surface area (Å²) < 4.78 is 0. The van der Waals surface area contributed by atoms with Crippen LogP contribution in [-0.4, -0.2) is 13.6 Å². The normalized spacial score (nSPS) is 10.7. The molecule has 0 saturated carbocycles. The van der Waals surface area contributed by atoms with Crippen LogP contribution in [0.3, 0.4) is 0 Å². The highest BCUT2D eigenvalue weighted by molar-refractivity contribution is 5.37. The Bertz CT molecular complexity index is 292. The Morgan fingerprint density at radius 2 is 1.60 bits per heavy atom. The second kappa shape index (κ2) is 5.92. The van der Waals surface area contributed by atoms with Crippen molar-refractivity contribution in [1.29, 1.82) is 0 Å². The molecule has 0 bridgehead atoms. The smallest absolute Gasteiger partial charge is 0.00518 e. The maximum atomic E-state index is 3.19. The van der Waals surface area contributed by atoms with Crippen molar-refractivity contribution in [2.75, 3.05) is 13.6 Å². The summed E-state index contributed by atoms with van der Waals surface area (Å²) in [4.78, 5) is 0. The van der Waals surface area contributed by atoms with Crippen LogP contribution in [0.25, 0.3) is 0 Å². The van der Waals surface area contributed by atoms with Crippen LogP contribution < -0.4 is 5.32 Å². The molecule has 0 unspecified atom stereocenters. The van der Waals surface area contributed by atoms with Crippen LogP contribution in [0.5, 0.6) is 0 Å². The van der Waals surface area contributed by atoms with E-state index in [2.05, 4.69) is 38.2 Å². The predicted molar refractivity (Wildman–Crippen MR) is 67.5 cm³/mol. The summed E-state index contributed by atoms with van der Waals surface area (Å²) in [5.41, 5.74) is 5.84. The van der Waals surface area contributed by atoms with Crippen molar-refractivity contribution >= 4 is 0 Å². The van der Waals surface area contributed by atoms with Crippen molar-refractivity contribution in [2.45, 2.75) is 40.0 Å². The SMILES string of the molecule is CNCCCCc1c(C)cc(C)cc1C. The molecule has 0 heterocycles. The largest absolute Gasteiger partial charge is 0.320 e. The monoisotopic (exact) mass is 205 g/mol. The lowest BCUT2D eigenvalue weighted by atomic mass is 9.96. The zero-order valence-corrected chi connectivity index (χ0v) is 10.5. The average molecular weight is 205 g/mol. The van der Waals surface area contributed by atoms with E-state index < -0.39 is 0 Å². The van der Waals surface area contributed by atoms with Crippen LogP contribution in [-0.2, 0) is 6.42 Å². The molecule has 1 aromatic carbocycles. The number of unbranched alkanes of at least 4 members (excludes halogenated alkanes) is 1. The van der Waals surface area contributed by atoms with Crippen molar-refractivity contribution in [3.63, 3.8) is 0 Å². The summed E-state index contributed by atoms with van der Waals surface area (Å²) in [5, 5.41) is 3.19.